The molecule has 0 aromatic heterocycles. The zero-order valence-corrected chi connectivity index (χ0v) is 23.1. The summed E-state index contributed by atoms with van der Waals surface area (Å²) in [4.78, 5) is 11.6. The zero-order chi connectivity index (χ0) is 25.0. The third-order valence-corrected chi connectivity index (χ3v) is 13.3. The van der Waals surface area contributed by atoms with Crippen LogP contribution in [0.15, 0.2) is 36.4 Å². The van der Waals surface area contributed by atoms with Crippen LogP contribution in [0.5, 0.6) is 17.2 Å². The highest BCUT2D eigenvalue weighted by molar-refractivity contribution is 6.78. The van der Waals surface area contributed by atoms with Crippen molar-refractivity contribution < 1.29 is 23.4 Å². The van der Waals surface area contributed by atoms with Crippen molar-refractivity contribution >= 4 is 25.9 Å². The zero-order valence-electron chi connectivity index (χ0n) is 21.3. The number of methoxy groups -OCH3 is 1. The molecular weight excluding hydrogens is 468 g/mol. The van der Waals surface area contributed by atoms with Gasteiger partial charge >= 0.3 is 5.97 Å². The highest BCUT2D eigenvalue weighted by atomic mass is 35.5. The average Bonchev–Trinajstić information content (AvgIpc) is 3.17. The molecule has 0 amide bonds. The predicted octanol–water partition coefficient (Wildman–Crippen LogP) is 7.51. The molecule has 0 saturated heterocycles. The lowest BCUT2D eigenvalue weighted by atomic mass is 9.98. The third-order valence-electron chi connectivity index (χ3n) is 6.93. The van der Waals surface area contributed by atoms with E-state index in [4.69, 9.17) is 30.2 Å². The van der Waals surface area contributed by atoms with E-state index >= 15 is 0 Å². The van der Waals surface area contributed by atoms with E-state index < -0.39 is 8.32 Å². The van der Waals surface area contributed by atoms with Gasteiger partial charge in [-0.15, -0.1) is 0 Å². The topological polar surface area (TPSA) is 54.0 Å². The van der Waals surface area contributed by atoms with E-state index in [1.807, 2.05) is 36.4 Å². The minimum absolute atomic E-state index is 0.0108. The van der Waals surface area contributed by atoms with Crippen molar-refractivity contribution in [3.63, 3.8) is 0 Å². The molecule has 0 aliphatic carbocycles. The molecule has 0 spiro atoms. The summed E-state index contributed by atoms with van der Waals surface area (Å²) in [5, 5.41) is 0.632. The minimum Gasteiger partial charge on any atom is -0.543 e. The molecule has 2 aromatic rings. The summed E-state index contributed by atoms with van der Waals surface area (Å²) >= 11 is 6.63. The largest absolute Gasteiger partial charge is 0.543 e. The first-order valence-corrected chi connectivity index (χ1v) is 14.5. The van der Waals surface area contributed by atoms with Crippen LogP contribution < -0.4 is 13.9 Å². The van der Waals surface area contributed by atoms with Gasteiger partial charge in [0.25, 0.3) is 8.32 Å². The van der Waals surface area contributed by atoms with Crippen LogP contribution in [0.1, 0.15) is 65.0 Å². The van der Waals surface area contributed by atoms with Gasteiger partial charge in [0.05, 0.1) is 25.2 Å². The molecule has 1 heterocycles. The summed E-state index contributed by atoms with van der Waals surface area (Å²) in [6.07, 6.45) is 0.308. The number of fused-ring (bicyclic) bond motifs is 1. The van der Waals surface area contributed by atoms with Gasteiger partial charge in [-0.1, -0.05) is 65.3 Å². The molecule has 0 bridgehead atoms. The maximum absolute atomic E-state index is 11.6. The van der Waals surface area contributed by atoms with Crippen LogP contribution >= 0.6 is 11.6 Å². The normalized spacial score (nSPS) is 15.4. The van der Waals surface area contributed by atoms with Crippen LogP contribution in [0.25, 0.3) is 0 Å². The lowest BCUT2D eigenvalue weighted by Gasteiger charge is -2.42. The highest BCUT2D eigenvalue weighted by Gasteiger charge is 2.47. The second kappa shape index (κ2) is 11.0. The SMILES string of the molecule is COC(=O)C[C@H]1COc2cc(OCc3ccc(O[Si](C(C)C)(C(C)C)C(C)C)cc3Cl)ccc21. The molecule has 3 rings (SSSR count). The summed E-state index contributed by atoms with van der Waals surface area (Å²) in [5.74, 6) is 2.05. The number of ether oxygens (including phenoxy) is 3. The summed E-state index contributed by atoms with van der Waals surface area (Å²) in [7, 11) is -0.641. The van der Waals surface area contributed by atoms with Gasteiger partial charge in [0.1, 0.15) is 23.9 Å². The minimum atomic E-state index is -2.04. The molecule has 5 nitrogen and oxygen atoms in total. The number of hydrogen-bond donors (Lipinski definition) is 0. The molecule has 0 saturated carbocycles. The molecule has 0 unspecified atom stereocenters. The van der Waals surface area contributed by atoms with E-state index in [2.05, 4.69) is 41.5 Å². The number of rotatable bonds is 10. The summed E-state index contributed by atoms with van der Waals surface area (Å²) in [6.45, 7) is 14.4. The number of carbonyl (C=O) groups excluding carboxylic acids is 1. The van der Waals surface area contributed by atoms with Gasteiger partial charge in [-0.3, -0.25) is 4.79 Å². The Bertz CT molecular complexity index is 983. The first kappa shape index (κ1) is 26.4. The third kappa shape index (κ3) is 5.55. The molecule has 0 N–H and O–H groups in total. The maximum Gasteiger partial charge on any atom is 0.306 e. The highest BCUT2D eigenvalue weighted by Crippen LogP contribution is 2.43. The Balaban J connectivity index is 1.68. The van der Waals surface area contributed by atoms with Crippen molar-refractivity contribution in [3.8, 4) is 17.2 Å². The van der Waals surface area contributed by atoms with Gasteiger partial charge in [0, 0.05) is 23.1 Å². The van der Waals surface area contributed by atoms with Crippen molar-refractivity contribution in [1.82, 2.24) is 0 Å². The van der Waals surface area contributed by atoms with E-state index in [9.17, 15) is 4.79 Å². The molecule has 34 heavy (non-hydrogen) atoms. The van der Waals surface area contributed by atoms with Crippen molar-refractivity contribution in [1.29, 1.82) is 0 Å². The van der Waals surface area contributed by atoms with Gasteiger partial charge in [-0.05, 0) is 34.8 Å². The van der Waals surface area contributed by atoms with Gasteiger partial charge in [-0.2, -0.15) is 0 Å². The number of hydrogen-bond acceptors (Lipinski definition) is 5. The Morgan fingerprint density at radius 3 is 2.26 bits per heavy atom. The Kier molecular flexibility index (Phi) is 8.58. The van der Waals surface area contributed by atoms with Crippen LogP contribution in [0.3, 0.4) is 0 Å². The summed E-state index contributed by atoms with van der Waals surface area (Å²) in [6, 6.07) is 11.6. The monoisotopic (exact) mass is 504 g/mol. The molecule has 186 valence electrons. The first-order valence-electron chi connectivity index (χ1n) is 12.0. The van der Waals surface area contributed by atoms with Crippen LogP contribution in [0.4, 0.5) is 0 Å². The van der Waals surface area contributed by atoms with E-state index in [1.54, 1.807) is 0 Å². The lowest BCUT2D eigenvalue weighted by Crippen LogP contribution is -2.50. The second-order valence-corrected chi connectivity index (χ2v) is 15.7. The summed E-state index contributed by atoms with van der Waals surface area (Å²) < 4.78 is 23.3. The van der Waals surface area contributed by atoms with Crippen LogP contribution in [-0.4, -0.2) is 28.0 Å². The molecule has 1 aliphatic rings. The average molecular weight is 505 g/mol. The van der Waals surface area contributed by atoms with Gasteiger partial charge < -0.3 is 18.6 Å². The van der Waals surface area contributed by atoms with E-state index in [0.717, 1.165) is 22.6 Å². The predicted molar refractivity (Wildman–Crippen MR) is 139 cm³/mol. The smallest absolute Gasteiger partial charge is 0.306 e. The van der Waals surface area contributed by atoms with E-state index in [0.29, 0.717) is 47.0 Å². The molecule has 0 radical (unpaired) electrons. The molecule has 1 aliphatic heterocycles. The fraction of sp³-hybridized carbons (Fsp3) is 0.519. The standard InChI is InChI=1S/C27H37ClO5Si/c1-17(2)34(18(3)4,19(5)6)33-23-9-8-20(25(28)13-23)15-31-22-10-11-24-21(12-27(29)30-7)16-32-26(24)14-22/h8-11,13-14,17-19,21H,12,15-16H2,1-7H3/t21-/m0/s1. The Morgan fingerprint density at radius 1 is 1.03 bits per heavy atom. The summed E-state index contributed by atoms with van der Waals surface area (Å²) in [5.41, 5.74) is 3.37. The van der Waals surface area contributed by atoms with E-state index in [1.165, 1.54) is 7.11 Å². The molecule has 0 fully saturated rings. The Morgan fingerprint density at radius 2 is 1.68 bits per heavy atom. The number of carbonyl (C=O) groups is 1. The number of esters is 1. The van der Waals surface area contributed by atoms with Gasteiger partial charge in [-0.25, -0.2) is 0 Å². The van der Waals surface area contributed by atoms with Crippen LogP contribution in [-0.2, 0) is 16.1 Å². The molecular formula is C27H37ClO5Si. The van der Waals surface area contributed by atoms with Crippen LogP contribution in [0.2, 0.25) is 21.6 Å². The molecule has 1 atom stereocenters. The fourth-order valence-corrected chi connectivity index (χ4v) is 10.7. The maximum atomic E-state index is 11.6. The Hall–Kier alpha value is -2.18. The second-order valence-electron chi connectivity index (χ2n) is 9.95. The number of benzene rings is 2. The Labute approximate surface area is 209 Å². The van der Waals surface area contributed by atoms with Crippen molar-refractivity contribution in [2.45, 2.75) is 77.1 Å². The number of halogens is 1. The van der Waals surface area contributed by atoms with Gasteiger partial charge in [0.15, 0.2) is 0 Å². The fourth-order valence-electron chi connectivity index (χ4n) is 5.23. The van der Waals surface area contributed by atoms with Crippen molar-refractivity contribution in [2.24, 2.45) is 0 Å². The van der Waals surface area contributed by atoms with Crippen molar-refractivity contribution in [3.05, 3.63) is 52.5 Å². The lowest BCUT2D eigenvalue weighted by molar-refractivity contribution is -0.141. The van der Waals surface area contributed by atoms with Crippen molar-refractivity contribution in [2.75, 3.05) is 13.7 Å². The van der Waals surface area contributed by atoms with Gasteiger partial charge in [0.2, 0.25) is 0 Å². The molecule has 7 heteroatoms. The molecule has 2 aromatic carbocycles. The van der Waals surface area contributed by atoms with E-state index in [-0.39, 0.29) is 11.9 Å². The first-order chi connectivity index (χ1) is 16.1. The quantitative estimate of drug-likeness (QED) is 0.247. The van der Waals surface area contributed by atoms with Crippen LogP contribution in [0, 0.1) is 0 Å².